The molecule has 0 aromatic heterocycles. The van der Waals surface area contributed by atoms with E-state index < -0.39 is 0 Å². The predicted molar refractivity (Wildman–Crippen MR) is 98.4 cm³/mol. The van der Waals surface area contributed by atoms with Crippen LogP contribution in [0, 0.1) is 26.2 Å². The molecule has 0 atom stereocenters. The summed E-state index contributed by atoms with van der Waals surface area (Å²) in [6, 6.07) is 19.2. The van der Waals surface area contributed by atoms with Crippen molar-refractivity contribution in [3.8, 4) is 0 Å². The van der Waals surface area contributed by atoms with Crippen LogP contribution < -0.4 is 10.9 Å². The van der Waals surface area contributed by atoms with Gasteiger partial charge in [0.1, 0.15) is 0 Å². The Labute approximate surface area is 132 Å². The van der Waals surface area contributed by atoms with Crippen LogP contribution in [0.25, 0.3) is 10.8 Å². The van der Waals surface area contributed by atoms with Crippen LogP contribution in [-0.4, -0.2) is 12.8 Å². The van der Waals surface area contributed by atoms with Crippen molar-refractivity contribution in [3.05, 3.63) is 71.3 Å². The largest absolute Gasteiger partial charge is 0.322 e. The second-order valence-electron chi connectivity index (χ2n) is 6.03. The predicted octanol–water partition coefficient (Wildman–Crippen LogP) is 3.56. The summed E-state index contributed by atoms with van der Waals surface area (Å²) < 4.78 is 0. The maximum Gasteiger partial charge on any atom is 0.255 e. The van der Waals surface area contributed by atoms with Crippen LogP contribution in [0.2, 0.25) is 0 Å². The van der Waals surface area contributed by atoms with Crippen LogP contribution in [0.15, 0.2) is 54.6 Å². The Hall–Kier alpha value is -2.35. The van der Waals surface area contributed by atoms with Crippen LogP contribution in [0.4, 0.5) is 0 Å². The van der Waals surface area contributed by atoms with E-state index in [-0.39, 0.29) is 6.71 Å². The van der Waals surface area contributed by atoms with Gasteiger partial charge in [-0.05, 0) is 37.7 Å². The van der Waals surface area contributed by atoms with Crippen LogP contribution in [0.3, 0.4) is 0 Å². The molecular formula is C20H20BN. The summed E-state index contributed by atoms with van der Waals surface area (Å²) in [5, 5.41) is 10.5. The van der Waals surface area contributed by atoms with Gasteiger partial charge in [-0.15, -0.1) is 0 Å². The molecule has 0 aliphatic rings. The fraction of sp³-hybridized carbons (Fsp3) is 0.150. The zero-order valence-electron chi connectivity index (χ0n) is 13.4. The van der Waals surface area contributed by atoms with Crippen molar-refractivity contribution >= 4 is 34.5 Å². The Morgan fingerprint density at radius 3 is 2.18 bits per heavy atom. The highest BCUT2D eigenvalue weighted by molar-refractivity contribution is 7.05. The van der Waals surface area contributed by atoms with Gasteiger partial charge in [0.15, 0.2) is 0 Å². The molecule has 0 aliphatic carbocycles. The fourth-order valence-corrected chi connectivity index (χ4v) is 3.53. The molecule has 3 aromatic rings. The number of hydrogen-bond donors (Lipinski definition) is 1. The van der Waals surface area contributed by atoms with Crippen LogP contribution in [0.1, 0.15) is 16.7 Å². The molecule has 108 valence electrons. The SMILES string of the molecule is Cc1cc(C)c(B(C=N)c2cccc3ccccc23)c(C)c1. The number of rotatable bonds is 3. The number of aryl methyl sites for hydroxylation is 3. The van der Waals surface area contributed by atoms with E-state index >= 15 is 0 Å². The van der Waals surface area contributed by atoms with E-state index in [4.69, 9.17) is 5.41 Å². The third-order valence-electron chi connectivity index (χ3n) is 4.37. The minimum absolute atomic E-state index is 0.00620. The number of fused-ring (bicyclic) bond motifs is 1. The van der Waals surface area contributed by atoms with Crippen molar-refractivity contribution in [2.45, 2.75) is 20.8 Å². The van der Waals surface area contributed by atoms with Crippen LogP contribution in [0.5, 0.6) is 0 Å². The van der Waals surface area contributed by atoms with E-state index in [0.29, 0.717) is 0 Å². The first-order valence-electron chi connectivity index (χ1n) is 7.68. The maximum absolute atomic E-state index is 8.03. The summed E-state index contributed by atoms with van der Waals surface area (Å²) in [6.45, 7) is 6.43. The quantitative estimate of drug-likeness (QED) is 0.562. The first kappa shape index (κ1) is 14.6. The molecule has 0 aliphatic heterocycles. The summed E-state index contributed by atoms with van der Waals surface area (Å²) in [5.74, 6) is 0. The molecule has 3 rings (SSSR count). The van der Waals surface area contributed by atoms with Crippen LogP contribution in [-0.2, 0) is 0 Å². The first-order chi connectivity index (χ1) is 10.6. The molecule has 3 aromatic carbocycles. The molecule has 1 N–H and O–H groups in total. The summed E-state index contributed by atoms with van der Waals surface area (Å²) in [4.78, 5) is 0. The molecule has 0 saturated carbocycles. The van der Waals surface area contributed by atoms with E-state index in [1.165, 1.54) is 38.4 Å². The average molecular weight is 285 g/mol. The minimum atomic E-state index is 0.00620. The van der Waals surface area contributed by atoms with E-state index in [2.05, 4.69) is 75.4 Å². The average Bonchev–Trinajstić information content (AvgIpc) is 2.50. The third kappa shape index (κ3) is 2.46. The highest BCUT2D eigenvalue weighted by Gasteiger charge is 2.22. The van der Waals surface area contributed by atoms with Gasteiger partial charge in [0.05, 0.1) is 0 Å². The molecule has 0 spiro atoms. The van der Waals surface area contributed by atoms with Gasteiger partial charge in [0.2, 0.25) is 0 Å². The number of benzene rings is 3. The lowest BCUT2D eigenvalue weighted by atomic mass is 9.39. The van der Waals surface area contributed by atoms with Crippen molar-refractivity contribution in [3.63, 3.8) is 0 Å². The van der Waals surface area contributed by atoms with Crippen molar-refractivity contribution in [1.82, 2.24) is 0 Å². The smallest absolute Gasteiger partial charge is 0.255 e. The Kier molecular flexibility index (Phi) is 3.85. The molecule has 0 fully saturated rings. The lowest BCUT2D eigenvalue weighted by Gasteiger charge is -2.18. The Bertz CT molecular complexity index is 823. The Morgan fingerprint density at radius 2 is 1.50 bits per heavy atom. The molecule has 1 nitrogen and oxygen atoms in total. The van der Waals surface area contributed by atoms with Gasteiger partial charge in [0, 0.05) is 0 Å². The van der Waals surface area contributed by atoms with Gasteiger partial charge < -0.3 is 5.41 Å². The summed E-state index contributed by atoms with van der Waals surface area (Å²) >= 11 is 0. The lowest BCUT2D eigenvalue weighted by molar-refractivity contribution is 1.35. The van der Waals surface area contributed by atoms with Crippen LogP contribution >= 0.6 is 0 Å². The van der Waals surface area contributed by atoms with Crippen molar-refractivity contribution in [2.24, 2.45) is 0 Å². The molecule has 0 amide bonds. The molecule has 22 heavy (non-hydrogen) atoms. The topological polar surface area (TPSA) is 23.9 Å². The first-order valence-corrected chi connectivity index (χ1v) is 7.68. The normalized spacial score (nSPS) is 10.7. The molecule has 2 heteroatoms. The van der Waals surface area contributed by atoms with Gasteiger partial charge in [-0.3, -0.25) is 0 Å². The molecule has 0 bridgehead atoms. The summed E-state index contributed by atoms with van der Waals surface area (Å²) in [6.07, 6.45) is 1.58. The fourth-order valence-electron chi connectivity index (χ4n) is 3.53. The molecule has 0 unspecified atom stereocenters. The zero-order chi connectivity index (χ0) is 15.7. The third-order valence-corrected chi connectivity index (χ3v) is 4.37. The second-order valence-corrected chi connectivity index (χ2v) is 6.03. The Balaban J connectivity index is 2.26. The van der Waals surface area contributed by atoms with Gasteiger partial charge in [-0.2, -0.15) is 0 Å². The number of hydrogen-bond acceptors (Lipinski definition) is 1. The van der Waals surface area contributed by atoms with Crippen molar-refractivity contribution < 1.29 is 0 Å². The standard InChI is InChI=1S/C20H20BN/c1-14-11-15(2)20(16(3)12-14)21(13-22)19-10-6-8-17-7-4-5-9-18(17)19/h4-13,22H,1-3H3. The van der Waals surface area contributed by atoms with Gasteiger partial charge in [0.25, 0.3) is 6.71 Å². The zero-order valence-corrected chi connectivity index (χ0v) is 13.4. The monoisotopic (exact) mass is 285 g/mol. The highest BCUT2D eigenvalue weighted by atomic mass is 14.3. The summed E-state index contributed by atoms with van der Waals surface area (Å²) in [5.41, 5.74) is 6.28. The molecule has 0 heterocycles. The molecule has 0 radical (unpaired) electrons. The van der Waals surface area contributed by atoms with Crippen molar-refractivity contribution in [1.29, 1.82) is 5.41 Å². The van der Waals surface area contributed by atoms with E-state index in [0.717, 1.165) is 0 Å². The second kappa shape index (κ2) is 5.80. The van der Waals surface area contributed by atoms with E-state index in [1.807, 2.05) is 0 Å². The molecular weight excluding hydrogens is 265 g/mol. The number of nitrogens with one attached hydrogen (secondary N) is 1. The highest BCUT2D eigenvalue weighted by Crippen LogP contribution is 2.13. The van der Waals surface area contributed by atoms with Gasteiger partial charge in [-0.25, -0.2) is 0 Å². The minimum Gasteiger partial charge on any atom is -0.322 e. The molecule has 0 saturated heterocycles. The maximum atomic E-state index is 8.03. The van der Waals surface area contributed by atoms with Crippen molar-refractivity contribution in [2.75, 3.05) is 0 Å². The lowest BCUT2D eigenvalue weighted by Crippen LogP contribution is -2.46. The van der Waals surface area contributed by atoms with E-state index in [9.17, 15) is 0 Å². The Morgan fingerprint density at radius 1 is 0.864 bits per heavy atom. The summed E-state index contributed by atoms with van der Waals surface area (Å²) in [7, 11) is 0. The van der Waals surface area contributed by atoms with Gasteiger partial charge in [-0.1, -0.05) is 82.2 Å². The van der Waals surface area contributed by atoms with Gasteiger partial charge >= 0.3 is 0 Å². The van der Waals surface area contributed by atoms with E-state index in [1.54, 1.807) is 6.11 Å².